The van der Waals surface area contributed by atoms with Gasteiger partial charge < -0.3 is 4.57 Å². The molecule has 0 saturated heterocycles. The molecule has 0 radical (unpaired) electrons. The van der Waals surface area contributed by atoms with Crippen LogP contribution in [0.5, 0.6) is 0 Å². The lowest BCUT2D eigenvalue weighted by Crippen LogP contribution is -2.41. The number of rotatable bonds is 3. The zero-order chi connectivity index (χ0) is 7.49. The molecule has 1 nitrogen and oxygen atoms in total. The lowest BCUT2D eigenvalue weighted by atomic mass is 10.7. The molecule has 0 aromatic carbocycles. The minimum atomic E-state index is -1.07. The molecule has 0 atom stereocenters. The Balaban J connectivity index is 3.94. The van der Waals surface area contributed by atoms with Crippen LogP contribution in [0.3, 0.4) is 0 Å². The van der Waals surface area contributed by atoms with Crippen LogP contribution in [0.2, 0.25) is 19.6 Å². The van der Waals surface area contributed by atoms with Crippen LogP contribution in [-0.2, 0) is 0 Å². The summed E-state index contributed by atoms with van der Waals surface area (Å²) < 4.78 is 2.34. The Hall–Kier alpha value is -0.243. The van der Waals surface area contributed by atoms with E-state index in [4.69, 9.17) is 0 Å². The van der Waals surface area contributed by atoms with E-state index >= 15 is 0 Å². The SMILES string of the molecule is C=CN(CC)[Si](C)(C)C. The van der Waals surface area contributed by atoms with Crippen molar-refractivity contribution in [2.75, 3.05) is 6.54 Å². The van der Waals surface area contributed by atoms with Crippen LogP contribution in [0.1, 0.15) is 6.92 Å². The monoisotopic (exact) mass is 143 g/mol. The van der Waals surface area contributed by atoms with Crippen LogP contribution in [0, 0.1) is 0 Å². The van der Waals surface area contributed by atoms with E-state index in [0.29, 0.717) is 0 Å². The minimum absolute atomic E-state index is 1.07. The summed E-state index contributed by atoms with van der Waals surface area (Å²) in [5, 5.41) is 0. The van der Waals surface area contributed by atoms with Crippen molar-refractivity contribution < 1.29 is 0 Å². The molecule has 9 heavy (non-hydrogen) atoms. The highest BCUT2D eigenvalue weighted by Gasteiger charge is 2.17. The topological polar surface area (TPSA) is 3.24 Å². The molecule has 0 aliphatic heterocycles. The first-order chi connectivity index (χ1) is 4.02. The molecule has 54 valence electrons. The highest BCUT2D eigenvalue weighted by molar-refractivity contribution is 6.73. The highest BCUT2D eigenvalue weighted by atomic mass is 28.3. The Morgan fingerprint density at radius 3 is 1.89 bits per heavy atom. The smallest absolute Gasteiger partial charge is 0.146 e. The summed E-state index contributed by atoms with van der Waals surface area (Å²) in [6.45, 7) is 14.0. The number of hydrogen-bond acceptors (Lipinski definition) is 1. The maximum absolute atomic E-state index is 3.76. The number of hydrogen-bond donors (Lipinski definition) is 0. The van der Waals surface area contributed by atoms with E-state index in [1.807, 2.05) is 6.20 Å². The average Bonchev–Trinajstić information content (AvgIpc) is 1.65. The van der Waals surface area contributed by atoms with Gasteiger partial charge in [-0.1, -0.05) is 26.2 Å². The molecule has 0 N–H and O–H groups in total. The van der Waals surface area contributed by atoms with Crippen molar-refractivity contribution >= 4 is 8.24 Å². The van der Waals surface area contributed by atoms with Crippen LogP contribution < -0.4 is 0 Å². The van der Waals surface area contributed by atoms with Gasteiger partial charge in [-0.25, -0.2) is 0 Å². The van der Waals surface area contributed by atoms with Crippen LogP contribution in [0.15, 0.2) is 12.8 Å². The predicted octanol–water partition coefficient (Wildman–Crippen LogP) is 2.29. The van der Waals surface area contributed by atoms with Gasteiger partial charge in [-0.05, 0) is 13.1 Å². The van der Waals surface area contributed by atoms with Gasteiger partial charge in [0, 0.05) is 6.54 Å². The third-order valence-electron chi connectivity index (χ3n) is 1.42. The lowest BCUT2D eigenvalue weighted by Gasteiger charge is -2.31. The lowest BCUT2D eigenvalue weighted by molar-refractivity contribution is 0.596. The maximum atomic E-state index is 3.76. The molecule has 0 amide bonds. The molecule has 0 aliphatic carbocycles. The Labute approximate surface area is 59.5 Å². The molecular weight excluding hydrogens is 126 g/mol. The molecule has 0 aromatic rings. The highest BCUT2D eigenvalue weighted by Crippen LogP contribution is 2.07. The molecule has 0 heterocycles. The van der Waals surface area contributed by atoms with Crippen molar-refractivity contribution in [2.45, 2.75) is 26.6 Å². The van der Waals surface area contributed by atoms with Crippen LogP contribution in [-0.4, -0.2) is 19.3 Å². The zero-order valence-corrected chi connectivity index (χ0v) is 7.94. The Bertz CT molecular complexity index is 93.6. The molecule has 0 rings (SSSR count). The predicted molar refractivity (Wildman–Crippen MR) is 45.9 cm³/mol. The van der Waals surface area contributed by atoms with Gasteiger partial charge in [-0.15, -0.1) is 0 Å². The third kappa shape index (κ3) is 2.70. The molecular formula is C7H17NSi. The Morgan fingerprint density at radius 1 is 1.44 bits per heavy atom. The fourth-order valence-corrected chi connectivity index (χ4v) is 2.37. The van der Waals surface area contributed by atoms with Gasteiger partial charge in [0.05, 0.1) is 0 Å². The molecule has 0 aliphatic rings. The largest absolute Gasteiger partial charge is 0.404 e. The Kier molecular flexibility index (Phi) is 2.98. The van der Waals surface area contributed by atoms with Gasteiger partial charge in [-0.3, -0.25) is 0 Å². The first-order valence-electron chi connectivity index (χ1n) is 3.41. The van der Waals surface area contributed by atoms with Crippen LogP contribution >= 0.6 is 0 Å². The second-order valence-electron chi connectivity index (χ2n) is 3.14. The third-order valence-corrected chi connectivity index (χ3v) is 3.64. The molecule has 2 heteroatoms. The fraction of sp³-hybridized carbons (Fsp3) is 0.714. The molecule has 0 bridgehead atoms. The number of nitrogens with zero attached hydrogens (tertiary/aromatic N) is 1. The summed E-state index contributed by atoms with van der Waals surface area (Å²) in [7, 11) is -1.07. The van der Waals surface area contributed by atoms with Crippen molar-refractivity contribution in [3.63, 3.8) is 0 Å². The zero-order valence-electron chi connectivity index (χ0n) is 6.94. The molecule has 0 fully saturated rings. The first-order valence-corrected chi connectivity index (χ1v) is 6.86. The van der Waals surface area contributed by atoms with E-state index in [9.17, 15) is 0 Å². The normalized spacial score (nSPS) is 11.1. The molecule has 0 saturated carbocycles. The fourth-order valence-electron chi connectivity index (χ4n) is 0.877. The van der Waals surface area contributed by atoms with Crippen molar-refractivity contribution in [1.82, 2.24) is 4.57 Å². The van der Waals surface area contributed by atoms with Gasteiger partial charge in [-0.2, -0.15) is 0 Å². The second-order valence-corrected chi connectivity index (χ2v) is 8.06. The van der Waals surface area contributed by atoms with Crippen molar-refractivity contribution in [3.8, 4) is 0 Å². The van der Waals surface area contributed by atoms with Gasteiger partial charge >= 0.3 is 0 Å². The summed E-state index contributed by atoms with van der Waals surface area (Å²) in [5.41, 5.74) is 0. The van der Waals surface area contributed by atoms with E-state index in [-0.39, 0.29) is 0 Å². The van der Waals surface area contributed by atoms with E-state index in [1.54, 1.807) is 0 Å². The molecule has 0 unspecified atom stereocenters. The van der Waals surface area contributed by atoms with E-state index < -0.39 is 8.24 Å². The van der Waals surface area contributed by atoms with Gasteiger partial charge in [0.15, 0.2) is 0 Å². The van der Waals surface area contributed by atoms with Crippen LogP contribution in [0.25, 0.3) is 0 Å². The average molecular weight is 143 g/mol. The summed E-state index contributed by atoms with van der Waals surface area (Å²) in [6, 6.07) is 0. The summed E-state index contributed by atoms with van der Waals surface area (Å²) in [4.78, 5) is 0. The van der Waals surface area contributed by atoms with E-state index in [2.05, 4.69) is 37.7 Å². The quantitative estimate of drug-likeness (QED) is 0.548. The second kappa shape index (κ2) is 3.06. The standard InChI is InChI=1S/C7H17NSi/c1-6-8(7-2)9(3,4)5/h6H,1,7H2,2-5H3. The van der Waals surface area contributed by atoms with Gasteiger partial charge in [0.2, 0.25) is 0 Å². The van der Waals surface area contributed by atoms with Crippen LogP contribution in [0.4, 0.5) is 0 Å². The van der Waals surface area contributed by atoms with Gasteiger partial charge in [0.1, 0.15) is 8.24 Å². The van der Waals surface area contributed by atoms with Gasteiger partial charge in [0.25, 0.3) is 0 Å². The molecule has 0 spiro atoms. The van der Waals surface area contributed by atoms with E-state index in [1.165, 1.54) is 0 Å². The van der Waals surface area contributed by atoms with E-state index in [0.717, 1.165) is 6.54 Å². The summed E-state index contributed by atoms with van der Waals surface area (Å²) in [5.74, 6) is 0. The minimum Gasteiger partial charge on any atom is -0.404 e. The summed E-state index contributed by atoms with van der Waals surface area (Å²) >= 11 is 0. The van der Waals surface area contributed by atoms with Crippen molar-refractivity contribution in [2.24, 2.45) is 0 Å². The maximum Gasteiger partial charge on any atom is 0.146 e. The first kappa shape index (κ1) is 8.76. The summed E-state index contributed by atoms with van der Waals surface area (Å²) in [6.07, 6.45) is 1.95. The van der Waals surface area contributed by atoms with Crippen molar-refractivity contribution in [3.05, 3.63) is 12.8 Å². The molecule has 0 aromatic heterocycles. The van der Waals surface area contributed by atoms with Crippen molar-refractivity contribution in [1.29, 1.82) is 0 Å². The Morgan fingerprint density at radius 2 is 1.89 bits per heavy atom.